The highest BCUT2D eigenvalue weighted by molar-refractivity contribution is 7.91. The molecule has 9 nitrogen and oxygen atoms in total. The SMILES string of the molecule is Cc1ccc(S(=O)(=O)c2nn([C@H]3O[C@H](CO)[C@@H](O)[C@H](O)[C@H]3Cl)nc2C(F)(F)F)cc1. The Morgan fingerprint density at radius 3 is 2.30 bits per heavy atom. The van der Waals surface area contributed by atoms with Crippen molar-refractivity contribution < 1.29 is 41.6 Å². The maximum absolute atomic E-state index is 13.5. The number of rotatable bonds is 4. The highest BCUT2D eigenvalue weighted by atomic mass is 35.5. The van der Waals surface area contributed by atoms with Gasteiger partial charge in [-0.2, -0.15) is 18.0 Å². The van der Waals surface area contributed by atoms with Crippen LogP contribution in [-0.4, -0.2) is 69.0 Å². The third-order valence-electron chi connectivity index (χ3n) is 4.50. The molecule has 2 heterocycles. The van der Waals surface area contributed by atoms with Gasteiger partial charge in [0.2, 0.25) is 20.6 Å². The van der Waals surface area contributed by atoms with Gasteiger partial charge >= 0.3 is 6.18 Å². The first-order chi connectivity index (χ1) is 13.9. The number of aromatic nitrogens is 3. The number of benzene rings is 1. The Balaban J connectivity index is 2.11. The van der Waals surface area contributed by atoms with Crippen molar-refractivity contribution >= 4 is 21.4 Å². The van der Waals surface area contributed by atoms with E-state index in [2.05, 4.69) is 10.2 Å². The number of aliphatic hydroxyl groups is 3. The van der Waals surface area contributed by atoms with E-state index in [4.69, 9.17) is 16.3 Å². The molecule has 0 aliphatic carbocycles. The summed E-state index contributed by atoms with van der Waals surface area (Å²) in [5.74, 6) is 0. The van der Waals surface area contributed by atoms with Crippen molar-refractivity contribution in [2.45, 2.75) is 52.9 Å². The van der Waals surface area contributed by atoms with Crippen molar-refractivity contribution in [3.05, 3.63) is 35.5 Å². The maximum Gasteiger partial charge on any atom is 0.438 e. The molecule has 0 saturated carbocycles. The Kier molecular flexibility index (Phi) is 6.15. The van der Waals surface area contributed by atoms with Crippen molar-refractivity contribution in [3.63, 3.8) is 0 Å². The van der Waals surface area contributed by atoms with Crippen molar-refractivity contribution in [2.24, 2.45) is 0 Å². The topological polar surface area (TPSA) is 135 Å². The predicted octanol–water partition coefficient (Wildman–Crippen LogP) is 0.657. The molecule has 2 aromatic rings. The van der Waals surface area contributed by atoms with Crippen LogP contribution in [0.25, 0.3) is 0 Å². The fourth-order valence-corrected chi connectivity index (χ4v) is 4.48. The van der Waals surface area contributed by atoms with E-state index in [0.717, 1.165) is 12.1 Å². The Bertz CT molecular complexity index is 1010. The number of nitrogens with zero attached hydrogens (tertiary/aromatic N) is 3. The highest BCUT2D eigenvalue weighted by Crippen LogP contribution is 2.37. The number of sulfone groups is 1. The fourth-order valence-electron chi connectivity index (χ4n) is 2.85. The van der Waals surface area contributed by atoms with Crippen LogP contribution in [0.4, 0.5) is 13.2 Å². The van der Waals surface area contributed by atoms with Gasteiger partial charge in [-0.3, -0.25) is 0 Å². The Labute approximate surface area is 173 Å². The largest absolute Gasteiger partial charge is 0.438 e. The fraction of sp³-hybridized carbons (Fsp3) is 0.500. The molecule has 14 heteroatoms. The smallest absolute Gasteiger partial charge is 0.394 e. The monoisotopic (exact) mass is 471 g/mol. The van der Waals surface area contributed by atoms with Crippen LogP contribution in [0.3, 0.4) is 0 Å². The second-order valence-corrected chi connectivity index (χ2v) is 9.03. The lowest BCUT2D eigenvalue weighted by molar-refractivity contribution is -0.204. The number of hydrogen-bond donors (Lipinski definition) is 3. The van der Waals surface area contributed by atoms with Gasteiger partial charge in [0.25, 0.3) is 0 Å². The lowest BCUT2D eigenvalue weighted by atomic mass is 10.0. The van der Waals surface area contributed by atoms with Gasteiger partial charge in [0.05, 0.1) is 11.5 Å². The van der Waals surface area contributed by atoms with Crippen LogP contribution in [0.15, 0.2) is 34.2 Å². The van der Waals surface area contributed by atoms with Crippen LogP contribution in [0, 0.1) is 6.92 Å². The number of aliphatic hydroxyl groups excluding tert-OH is 3. The minimum atomic E-state index is -5.18. The molecule has 0 bridgehead atoms. The molecule has 1 aliphatic heterocycles. The van der Waals surface area contributed by atoms with Gasteiger partial charge in [0, 0.05) is 0 Å². The van der Waals surface area contributed by atoms with Gasteiger partial charge in [-0.05, 0) is 19.1 Å². The van der Waals surface area contributed by atoms with Crippen LogP contribution in [0.5, 0.6) is 0 Å². The number of hydrogen-bond acceptors (Lipinski definition) is 8. The van der Waals surface area contributed by atoms with Crippen molar-refractivity contribution in [3.8, 4) is 0 Å². The molecule has 30 heavy (non-hydrogen) atoms. The second-order valence-electron chi connectivity index (χ2n) is 6.66. The molecule has 3 N–H and O–H groups in total. The van der Waals surface area contributed by atoms with Crippen LogP contribution in [-0.2, 0) is 20.8 Å². The molecule has 0 spiro atoms. The molecule has 166 valence electrons. The van der Waals surface area contributed by atoms with Crippen LogP contribution in [0.1, 0.15) is 17.5 Å². The number of ether oxygens (including phenoxy) is 1. The Morgan fingerprint density at radius 2 is 1.77 bits per heavy atom. The first-order valence-corrected chi connectivity index (χ1v) is 10.4. The predicted molar refractivity (Wildman–Crippen MR) is 94.3 cm³/mol. The second kappa shape index (κ2) is 8.05. The minimum Gasteiger partial charge on any atom is -0.394 e. The quantitative estimate of drug-likeness (QED) is 0.553. The Hall–Kier alpha value is -1.77. The summed E-state index contributed by atoms with van der Waals surface area (Å²) in [6.07, 6.45) is -11.6. The normalized spacial score (nSPS) is 27.9. The molecule has 1 aromatic heterocycles. The molecule has 0 unspecified atom stereocenters. The van der Waals surface area contributed by atoms with Crippen LogP contribution < -0.4 is 0 Å². The van der Waals surface area contributed by atoms with Gasteiger partial charge in [-0.1, -0.05) is 17.7 Å². The summed E-state index contributed by atoms with van der Waals surface area (Å²) in [6, 6.07) is 5.08. The van der Waals surface area contributed by atoms with E-state index in [1.54, 1.807) is 6.92 Å². The van der Waals surface area contributed by atoms with Crippen LogP contribution >= 0.6 is 11.6 Å². The standard InChI is InChI=1S/C16H17ClF3N3O6S/c1-7-2-4-8(5-3-7)30(27,28)14-13(16(18,19)20)21-23(22-14)15-10(17)12(26)11(25)9(6-24)29-15/h2-5,9-12,15,24-26H,6H2,1H3/t9-,10-,11-,12-,15+/m1/s1. The number of alkyl halides is 4. The number of aryl methyl sites for hydroxylation is 1. The van der Waals surface area contributed by atoms with Gasteiger partial charge < -0.3 is 20.1 Å². The van der Waals surface area contributed by atoms with Crippen LogP contribution in [0.2, 0.25) is 0 Å². The average Bonchev–Trinajstić information content (AvgIpc) is 3.13. The lowest BCUT2D eigenvalue weighted by Gasteiger charge is -2.38. The summed E-state index contributed by atoms with van der Waals surface area (Å²) in [5, 5.41) is 32.8. The van der Waals surface area contributed by atoms with E-state index in [0.29, 0.717) is 5.56 Å². The van der Waals surface area contributed by atoms with Crippen molar-refractivity contribution in [1.29, 1.82) is 0 Å². The zero-order valence-corrected chi connectivity index (χ0v) is 16.8. The van der Waals surface area contributed by atoms with Gasteiger partial charge in [-0.25, -0.2) is 8.42 Å². The lowest BCUT2D eigenvalue weighted by Crippen LogP contribution is -2.55. The highest BCUT2D eigenvalue weighted by Gasteiger charge is 2.48. The van der Waals surface area contributed by atoms with E-state index >= 15 is 0 Å². The third-order valence-corrected chi connectivity index (χ3v) is 6.65. The third kappa shape index (κ3) is 4.05. The first kappa shape index (κ1) is 22.9. The molecule has 1 fully saturated rings. The molecular formula is C16H17ClF3N3O6S. The van der Waals surface area contributed by atoms with E-state index in [1.807, 2.05) is 0 Å². The van der Waals surface area contributed by atoms with Crippen molar-refractivity contribution in [2.75, 3.05) is 6.61 Å². The maximum atomic E-state index is 13.5. The summed E-state index contributed by atoms with van der Waals surface area (Å²) >= 11 is 5.96. The molecule has 1 saturated heterocycles. The van der Waals surface area contributed by atoms with E-state index in [-0.39, 0.29) is 4.80 Å². The molecule has 3 rings (SSSR count). The number of halogens is 4. The Morgan fingerprint density at radius 1 is 1.17 bits per heavy atom. The average molecular weight is 472 g/mol. The van der Waals surface area contributed by atoms with E-state index in [1.165, 1.54) is 12.1 Å². The summed E-state index contributed by atoms with van der Waals surface area (Å²) in [5.41, 5.74) is -1.10. The van der Waals surface area contributed by atoms with Crippen molar-refractivity contribution in [1.82, 2.24) is 15.0 Å². The molecule has 5 atom stereocenters. The zero-order valence-electron chi connectivity index (χ0n) is 15.2. The van der Waals surface area contributed by atoms with Gasteiger partial charge in [-0.15, -0.1) is 21.8 Å². The molecule has 0 radical (unpaired) electrons. The summed E-state index contributed by atoms with van der Waals surface area (Å²) < 4.78 is 71.4. The van der Waals surface area contributed by atoms with Gasteiger partial charge in [0.1, 0.15) is 23.7 Å². The molecule has 1 aromatic carbocycles. The zero-order chi connectivity index (χ0) is 22.4. The van der Waals surface area contributed by atoms with Gasteiger partial charge in [0.15, 0.2) is 6.23 Å². The van der Waals surface area contributed by atoms with E-state index in [9.17, 15) is 36.9 Å². The molecular weight excluding hydrogens is 455 g/mol. The summed E-state index contributed by atoms with van der Waals surface area (Å²) in [4.78, 5) is -0.152. The van der Waals surface area contributed by atoms with E-state index < -0.39 is 68.2 Å². The summed E-state index contributed by atoms with van der Waals surface area (Å²) in [6.45, 7) is 0.881. The first-order valence-electron chi connectivity index (χ1n) is 8.50. The molecule has 0 amide bonds. The minimum absolute atomic E-state index is 0.277. The molecule has 1 aliphatic rings. The summed E-state index contributed by atoms with van der Waals surface area (Å²) in [7, 11) is -4.72.